The number of benzene rings is 1. The topological polar surface area (TPSA) is 120 Å². The number of carbonyl (C=O) groups excluding carboxylic acids is 3. The molecule has 10 heteroatoms. The second-order valence-corrected chi connectivity index (χ2v) is 12.4. The average molecular weight is 575 g/mol. The quantitative estimate of drug-likeness (QED) is 0.500. The van der Waals surface area contributed by atoms with Gasteiger partial charge in [-0.3, -0.25) is 14.5 Å². The van der Waals surface area contributed by atoms with Gasteiger partial charge in [0.1, 0.15) is 23.5 Å². The molecule has 1 aromatic heterocycles. The van der Waals surface area contributed by atoms with Crippen molar-refractivity contribution in [1.29, 1.82) is 0 Å². The maximum Gasteiger partial charge on any atom is 0.410 e. The summed E-state index contributed by atoms with van der Waals surface area (Å²) in [4.78, 5) is 51.5. The highest BCUT2D eigenvalue weighted by Gasteiger charge is 2.43. The van der Waals surface area contributed by atoms with Crippen LogP contribution in [-0.4, -0.2) is 81.5 Å². The molecule has 2 saturated heterocycles. The lowest BCUT2D eigenvalue weighted by atomic mass is 10.0. The Bertz CT molecular complexity index is 1380. The minimum atomic E-state index is -0.817. The molecule has 2 fully saturated rings. The molecule has 3 aliphatic rings. The highest BCUT2D eigenvalue weighted by atomic mass is 16.6. The zero-order valence-electron chi connectivity index (χ0n) is 25.1. The first-order chi connectivity index (χ1) is 20.0. The molecule has 3 heterocycles. The van der Waals surface area contributed by atoms with Crippen molar-refractivity contribution < 1.29 is 19.1 Å². The van der Waals surface area contributed by atoms with Gasteiger partial charge in [0.05, 0.1) is 11.7 Å². The van der Waals surface area contributed by atoms with Gasteiger partial charge in [-0.15, -0.1) is 0 Å². The summed E-state index contributed by atoms with van der Waals surface area (Å²) in [5.74, 6) is 0.236. The van der Waals surface area contributed by atoms with Crippen LogP contribution in [0.3, 0.4) is 0 Å². The molecule has 0 bridgehead atoms. The fraction of sp³-hybridized carbons (Fsp3) is 0.500. The summed E-state index contributed by atoms with van der Waals surface area (Å²) in [6, 6.07) is 8.57. The normalized spacial score (nSPS) is 23.1. The van der Waals surface area contributed by atoms with Gasteiger partial charge in [-0.05, 0) is 70.7 Å². The molecule has 1 aromatic carbocycles. The zero-order chi connectivity index (χ0) is 30.0. The molecule has 2 aromatic rings. The molecule has 0 radical (unpaired) electrons. The van der Waals surface area contributed by atoms with Gasteiger partial charge >= 0.3 is 6.09 Å². The molecule has 42 heavy (non-hydrogen) atoms. The molecule has 224 valence electrons. The number of fused-ring (bicyclic) bond motifs is 2. The van der Waals surface area contributed by atoms with Gasteiger partial charge in [-0.1, -0.05) is 42.5 Å². The van der Waals surface area contributed by atoms with E-state index in [-0.39, 0.29) is 18.0 Å². The molecule has 2 aliphatic heterocycles. The Kier molecular flexibility index (Phi) is 8.54. The van der Waals surface area contributed by atoms with Gasteiger partial charge in [-0.25, -0.2) is 9.78 Å². The van der Waals surface area contributed by atoms with Crippen LogP contribution in [0.15, 0.2) is 42.5 Å². The Morgan fingerprint density at radius 3 is 2.67 bits per heavy atom. The van der Waals surface area contributed by atoms with Crippen LogP contribution in [0.1, 0.15) is 75.8 Å². The molecule has 0 saturated carbocycles. The van der Waals surface area contributed by atoms with Gasteiger partial charge in [-0.2, -0.15) is 0 Å². The fourth-order valence-electron chi connectivity index (χ4n) is 5.85. The lowest BCUT2D eigenvalue weighted by Crippen LogP contribution is -2.59. The number of aromatic amines is 1. The van der Waals surface area contributed by atoms with E-state index in [1.807, 2.05) is 35.3 Å². The van der Waals surface area contributed by atoms with E-state index in [1.165, 1.54) is 23.1 Å². The number of hydrogen-bond acceptors (Lipinski definition) is 6. The van der Waals surface area contributed by atoms with E-state index in [4.69, 9.17) is 9.72 Å². The number of H-pyrrole nitrogens is 1. The molecule has 4 atom stereocenters. The van der Waals surface area contributed by atoms with Gasteiger partial charge in [0, 0.05) is 31.7 Å². The van der Waals surface area contributed by atoms with Crippen molar-refractivity contribution in [2.24, 2.45) is 0 Å². The Balaban J connectivity index is 1.32. The molecule has 3 amide bonds. The number of allylic oxidation sites excluding steroid dienone is 3. The summed E-state index contributed by atoms with van der Waals surface area (Å²) in [6.07, 6.45) is 8.80. The van der Waals surface area contributed by atoms with Crippen molar-refractivity contribution in [3.63, 3.8) is 0 Å². The predicted molar refractivity (Wildman–Crippen MR) is 161 cm³/mol. The molecular weight excluding hydrogens is 532 g/mol. The molecule has 5 rings (SSSR count). The Labute approximate surface area is 247 Å². The number of nitrogens with one attached hydrogen (secondary N) is 3. The third kappa shape index (κ3) is 6.43. The number of amides is 3. The second-order valence-electron chi connectivity index (χ2n) is 12.4. The molecule has 3 N–H and O–H groups in total. The van der Waals surface area contributed by atoms with Gasteiger partial charge in [0.25, 0.3) is 0 Å². The lowest BCUT2D eigenvalue weighted by Gasteiger charge is -2.36. The van der Waals surface area contributed by atoms with Gasteiger partial charge in [0.2, 0.25) is 11.8 Å². The van der Waals surface area contributed by atoms with Crippen LogP contribution in [-0.2, 0) is 20.7 Å². The summed E-state index contributed by atoms with van der Waals surface area (Å²) in [5.41, 5.74) is 3.61. The number of ether oxygens (including phenoxy) is 1. The van der Waals surface area contributed by atoms with E-state index in [2.05, 4.69) is 33.8 Å². The number of hydrogen-bond donors (Lipinski definition) is 3. The van der Waals surface area contributed by atoms with E-state index >= 15 is 0 Å². The standard InChI is InChI=1S/C32H42N6O4/c1-20(37(5)31(41)42-32(2,3)4)29(39)36-26-19-33-17-16-23-14-15-27(38(23)30(26)40)28-34-24-13-9-12-22(18-25(24)35-28)21-10-7-6-8-11-21/h6-13,20,23,26-27,33H,14-19H2,1-5H3,(H,34,35)(H,36,39)/t20-,23+,26-,27-/m0/s1. The average Bonchev–Trinajstić information content (AvgIpc) is 3.49. The lowest BCUT2D eigenvalue weighted by molar-refractivity contribution is -0.140. The van der Waals surface area contributed by atoms with Crippen molar-refractivity contribution >= 4 is 29.6 Å². The van der Waals surface area contributed by atoms with Crippen molar-refractivity contribution in [2.75, 3.05) is 20.1 Å². The Hall–Kier alpha value is -3.92. The van der Waals surface area contributed by atoms with Crippen LogP contribution in [0, 0.1) is 0 Å². The number of imidazole rings is 1. The predicted octanol–water partition coefficient (Wildman–Crippen LogP) is 3.83. The monoisotopic (exact) mass is 574 g/mol. The Morgan fingerprint density at radius 2 is 1.93 bits per heavy atom. The maximum absolute atomic E-state index is 14.0. The van der Waals surface area contributed by atoms with E-state index in [0.717, 1.165) is 49.4 Å². The zero-order valence-corrected chi connectivity index (χ0v) is 25.1. The molecule has 0 spiro atoms. The van der Waals surface area contributed by atoms with Crippen molar-refractivity contribution in [3.8, 4) is 0 Å². The fourth-order valence-corrected chi connectivity index (χ4v) is 5.85. The first kappa shape index (κ1) is 29.6. The highest BCUT2D eigenvalue weighted by molar-refractivity contribution is 5.91. The van der Waals surface area contributed by atoms with Crippen molar-refractivity contribution in [2.45, 2.75) is 83.1 Å². The van der Waals surface area contributed by atoms with Crippen molar-refractivity contribution in [1.82, 2.24) is 30.4 Å². The summed E-state index contributed by atoms with van der Waals surface area (Å²) in [7, 11) is 1.52. The first-order valence-corrected chi connectivity index (χ1v) is 14.8. The SMILES string of the molecule is C[C@@H](C(=O)N[C@H]1CNCC[C@H]2CC[C@@H](c3nc4c([nH]3)CC(c3ccccc3)=CC=C4)N2C1=O)N(C)C(=O)OC(C)(C)C. The van der Waals surface area contributed by atoms with Crippen LogP contribution < -0.4 is 10.6 Å². The number of likely N-dealkylation sites (N-methyl/N-ethyl adjacent to an activating group) is 1. The number of nitrogens with zero attached hydrogens (tertiary/aromatic N) is 3. The minimum Gasteiger partial charge on any atom is -0.444 e. The smallest absolute Gasteiger partial charge is 0.410 e. The minimum absolute atomic E-state index is 0.0526. The number of aromatic nitrogens is 2. The molecule has 0 unspecified atom stereocenters. The van der Waals surface area contributed by atoms with Gasteiger partial charge < -0.3 is 25.3 Å². The molecule has 10 nitrogen and oxygen atoms in total. The first-order valence-electron chi connectivity index (χ1n) is 14.8. The van der Waals surface area contributed by atoms with Crippen molar-refractivity contribution in [3.05, 3.63) is 65.3 Å². The van der Waals surface area contributed by atoms with Crippen LogP contribution in [0.25, 0.3) is 11.6 Å². The third-order valence-corrected chi connectivity index (χ3v) is 8.22. The van der Waals surface area contributed by atoms with Crippen LogP contribution in [0.5, 0.6) is 0 Å². The number of rotatable bonds is 5. The van der Waals surface area contributed by atoms with E-state index in [0.29, 0.717) is 6.54 Å². The second kappa shape index (κ2) is 12.1. The summed E-state index contributed by atoms with van der Waals surface area (Å²) >= 11 is 0. The third-order valence-electron chi connectivity index (χ3n) is 8.22. The van der Waals surface area contributed by atoms with Crippen LogP contribution in [0.2, 0.25) is 0 Å². The maximum atomic E-state index is 14.0. The molecular formula is C32H42N6O4. The summed E-state index contributed by atoms with van der Waals surface area (Å²) in [6.45, 7) is 8.00. The van der Waals surface area contributed by atoms with E-state index in [1.54, 1.807) is 27.7 Å². The largest absolute Gasteiger partial charge is 0.444 e. The summed E-state index contributed by atoms with van der Waals surface area (Å²) in [5, 5.41) is 6.23. The molecule has 1 aliphatic carbocycles. The Morgan fingerprint density at radius 1 is 1.17 bits per heavy atom. The highest BCUT2D eigenvalue weighted by Crippen LogP contribution is 2.38. The van der Waals surface area contributed by atoms with Gasteiger partial charge in [0.15, 0.2) is 0 Å². The van der Waals surface area contributed by atoms with Crippen LogP contribution >= 0.6 is 0 Å². The van der Waals surface area contributed by atoms with Crippen LogP contribution in [0.4, 0.5) is 4.79 Å². The van der Waals surface area contributed by atoms with E-state index < -0.39 is 29.7 Å². The van der Waals surface area contributed by atoms with E-state index in [9.17, 15) is 14.4 Å². The summed E-state index contributed by atoms with van der Waals surface area (Å²) < 4.78 is 5.41. The number of carbonyl (C=O) groups is 3.